The maximum absolute atomic E-state index is 9.45. The van der Waals surface area contributed by atoms with Crippen molar-refractivity contribution in [3.63, 3.8) is 0 Å². The van der Waals surface area contributed by atoms with Gasteiger partial charge in [-0.1, -0.05) is 15.9 Å². The SMILES string of the molecule is CCOc1cc(C2N=C(NC#N)Nc3nc(N)c(C#N)c(N)c32)c(Br)cc1OCC#N. The van der Waals surface area contributed by atoms with Crippen molar-refractivity contribution in [3.05, 3.63) is 33.3 Å². The van der Waals surface area contributed by atoms with Crippen LogP contribution in [0.2, 0.25) is 0 Å². The molecular weight excluding hydrogens is 466 g/mol. The number of benzene rings is 1. The zero-order valence-corrected chi connectivity index (χ0v) is 17.8. The number of nitrogen functional groups attached to an aromatic ring is 2. The van der Waals surface area contributed by atoms with Crippen molar-refractivity contribution < 1.29 is 9.47 Å². The minimum Gasteiger partial charge on any atom is -0.490 e. The van der Waals surface area contributed by atoms with Crippen molar-refractivity contribution >= 4 is 39.2 Å². The van der Waals surface area contributed by atoms with Crippen LogP contribution in [0.25, 0.3) is 0 Å². The molecule has 0 bridgehead atoms. The summed E-state index contributed by atoms with van der Waals surface area (Å²) < 4.78 is 11.7. The standard InChI is InChI=1S/C19H16BrN9O2/c1-2-30-12-5-9(11(20)6-13(12)31-4-3-21)16-14-15(24)10(7-22)17(25)28-18(14)29-19(27-16)26-8-23/h5-6,16H,2,4H2,1H3,(H6,24,25,26,27,28,29). The molecule has 0 fully saturated rings. The highest BCUT2D eigenvalue weighted by atomic mass is 79.9. The lowest BCUT2D eigenvalue weighted by atomic mass is 9.95. The summed E-state index contributed by atoms with van der Waals surface area (Å²) in [4.78, 5) is 8.75. The van der Waals surface area contributed by atoms with Gasteiger partial charge in [-0.05, 0) is 24.6 Å². The van der Waals surface area contributed by atoms with Gasteiger partial charge in [0.05, 0.1) is 12.3 Å². The topological polar surface area (TPSA) is 191 Å². The van der Waals surface area contributed by atoms with Gasteiger partial charge in [0.25, 0.3) is 0 Å². The average Bonchev–Trinajstić information content (AvgIpc) is 2.73. The number of halogens is 1. The van der Waals surface area contributed by atoms with Gasteiger partial charge in [0.1, 0.15) is 35.4 Å². The lowest BCUT2D eigenvalue weighted by Crippen LogP contribution is -2.32. The van der Waals surface area contributed by atoms with Crippen LogP contribution >= 0.6 is 15.9 Å². The molecule has 1 aromatic carbocycles. The van der Waals surface area contributed by atoms with Crippen LogP contribution in [0.5, 0.6) is 11.5 Å². The van der Waals surface area contributed by atoms with Gasteiger partial charge in [0.2, 0.25) is 5.96 Å². The molecule has 1 unspecified atom stereocenters. The molecule has 2 aromatic rings. The Morgan fingerprint density at radius 1 is 1.23 bits per heavy atom. The van der Waals surface area contributed by atoms with E-state index in [1.165, 1.54) is 0 Å². The fourth-order valence-electron chi connectivity index (χ4n) is 3.06. The summed E-state index contributed by atoms with van der Waals surface area (Å²) in [7, 11) is 0. The number of nitrogens with zero attached hydrogens (tertiary/aromatic N) is 5. The Morgan fingerprint density at radius 3 is 2.61 bits per heavy atom. The van der Waals surface area contributed by atoms with E-state index in [0.29, 0.717) is 33.7 Å². The van der Waals surface area contributed by atoms with Crippen molar-refractivity contribution in [2.45, 2.75) is 13.0 Å². The summed E-state index contributed by atoms with van der Waals surface area (Å²) in [6.45, 7) is 2.01. The van der Waals surface area contributed by atoms with Crippen molar-refractivity contribution in [3.8, 4) is 29.8 Å². The molecule has 0 radical (unpaired) electrons. The number of aliphatic imine (C=N–C) groups is 1. The van der Waals surface area contributed by atoms with Crippen molar-refractivity contribution in [1.29, 1.82) is 15.8 Å². The number of hydrogen-bond acceptors (Lipinski definition) is 11. The molecule has 31 heavy (non-hydrogen) atoms. The highest BCUT2D eigenvalue weighted by molar-refractivity contribution is 9.10. The first-order valence-electron chi connectivity index (χ1n) is 8.89. The van der Waals surface area contributed by atoms with Crippen LogP contribution in [-0.2, 0) is 0 Å². The second kappa shape index (κ2) is 9.08. The third kappa shape index (κ3) is 4.08. The van der Waals surface area contributed by atoms with Gasteiger partial charge in [-0.3, -0.25) is 5.32 Å². The van der Waals surface area contributed by atoms with Crippen LogP contribution in [0.15, 0.2) is 21.6 Å². The number of aromatic nitrogens is 1. The summed E-state index contributed by atoms with van der Waals surface area (Å²) in [5.41, 5.74) is 13.3. The number of fused-ring (bicyclic) bond motifs is 1. The van der Waals surface area contributed by atoms with Gasteiger partial charge in [-0.15, -0.1) is 0 Å². The number of anilines is 3. The Kier molecular flexibility index (Phi) is 6.29. The first-order chi connectivity index (χ1) is 14.9. The summed E-state index contributed by atoms with van der Waals surface area (Å²) in [6, 6.07) is 6.45. The molecule has 1 aromatic heterocycles. The maximum atomic E-state index is 9.45. The lowest BCUT2D eigenvalue weighted by Gasteiger charge is -2.27. The lowest BCUT2D eigenvalue weighted by molar-refractivity contribution is 0.298. The number of hydrogen-bond donors (Lipinski definition) is 4. The number of nitrogens with two attached hydrogens (primary N) is 2. The summed E-state index contributed by atoms with van der Waals surface area (Å²) >= 11 is 3.50. The van der Waals surface area contributed by atoms with Gasteiger partial charge in [-0.2, -0.15) is 15.8 Å². The molecule has 1 aliphatic rings. The minimum absolute atomic E-state index is 0.0348. The van der Waals surface area contributed by atoms with Gasteiger partial charge in [-0.25, -0.2) is 9.98 Å². The molecule has 0 saturated heterocycles. The maximum Gasteiger partial charge on any atom is 0.211 e. The number of rotatable bonds is 5. The minimum atomic E-state index is -0.758. The smallest absolute Gasteiger partial charge is 0.211 e. The van der Waals surface area contributed by atoms with Crippen LogP contribution < -0.4 is 31.6 Å². The van der Waals surface area contributed by atoms with Crippen LogP contribution in [-0.4, -0.2) is 24.2 Å². The Morgan fingerprint density at radius 2 is 1.97 bits per heavy atom. The molecule has 1 aliphatic heterocycles. The summed E-state index contributed by atoms with van der Waals surface area (Å²) in [5, 5.41) is 32.6. The number of ether oxygens (including phenoxy) is 2. The van der Waals surface area contributed by atoms with Crippen molar-refractivity contribution in [2.75, 3.05) is 30.0 Å². The highest BCUT2D eigenvalue weighted by Gasteiger charge is 2.31. The van der Waals surface area contributed by atoms with E-state index in [-0.39, 0.29) is 35.5 Å². The van der Waals surface area contributed by atoms with E-state index in [4.69, 9.17) is 31.5 Å². The van der Waals surface area contributed by atoms with E-state index >= 15 is 0 Å². The molecule has 11 nitrogen and oxygen atoms in total. The predicted octanol–water partition coefficient (Wildman–Crippen LogP) is 2.12. The average molecular weight is 482 g/mol. The van der Waals surface area contributed by atoms with E-state index in [9.17, 15) is 5.26 Å². The summed E-state index contributed by atoms with van der Waals surface area (Å²) in [6.07, 6.45) is 1.80. The quantitative estimate of drug-likeness (QED) is 0.362. The van der Waals surface area contributed by atoms with Crippen LogP contribution in [0.4, 0.5) is 17.3 Å². The largest absolute Gasteiger partial charge is 0.490 e. The zero-order valence-electron chi connectivity index (χ0n) is 16.2. The number of pyridine rings is 1. The third-order valence-electron chi connectivity index (χ3n) is 4.31. The normalized spacial score (nSPS) is 14.0. The molecule has 156 valence electrons. The van der Waals surface area contributed by atoms with Crippen LogP contribution in [0.3, 0.4) is 0 Å². The summed E-state index contributed by atoms with van der Waals surface area (Å²) in [5.74, 6) is 1.11. The van der Waals surface area contributed by atoms with Crippen LogP contribution in [0.1, 0.15) is 29.7 Å². The molecule has 2 heterocycles. The Balaban J connectivity index is 2.24. The molecule has 6 N–H and O–H groups in total. The molecule has 0 aliphatic carbocycles. The Bertz CT molecular complexity index is 1190. The molecular formula is C19H16BrN9O2. The van der Waals surface area contributed by atoms with Crippen molar-refractivity contribution in [2.24, 2.45) is 4.99 Å². The second-order valence-electron chi connectivity index (χ2n) is 6.10. The zero-order chi connectivity index (χ0) is 22.5. The molecule has 0 amide bonds. The van der Waals surface area contributed by atoms with E-state index in [0.717, 1.165) is 0 Å². The first kappa shape index (κ1) is 21.5. The Labute approximate surface area is 186 Å². The predicted molar refractivity (Wildman–Crippen MR) is 116 cm³/mol. The number of nitrogens with one attached hydrogen (secondary N) is 2. The molecule has 12 heteroatoms. The molecule has 3 rings (SSSR count). The third-order valence-corrected chi connectivity index (χ3v) is 4.99. The van der Waals surface area contributed by atoms with Gasteiger partial charge >= 0.3 is 0 Å². The molecule has 0 spiro atoms. The van der Waals surface area contributed by atoms with E-state index in [1.807, 2.05) is 19.1 Å². The van der Waals surface area contributed by atoms with E-state index in [2.05, 4.69) is 36.5 Å². The Hall–Kier alpha value is -4.21. The second-order valence-corrected chi connectivity index (χ2v) is 6.96. The van der Waals surface area contributed by atoms with Gasteiger partial charge in [0.15, 0.2) is 24.3 Å². The first-order valence-corrected chi connectivity index (χ1v) is 9.69. The fraction of sp³-hybridized carbons (Fsp3) is 0.211. The monoisotopic (exact) mass is 481 g/mol. The van der Waals surface area contributed by atoms with Gasteiger partial charge < -0.3 is 26.3 Å². The van der Waals surface area contributed by atoms with Crippen LogP contribution in [0, 0.1) is 34.1 Å². The molecule has 1 atom stereocenters. The van der Waals surface area contributed by atoms with Crippen molar-refractivity contribution in [1.82, 2.24) is 10.3 Å². The number of guanidine groups is 1. The highest BCUT2D eigenvalue weighted by Crippen LogP contribution is 2.45. The van der Waals surface area contributed by atoms with E-state index < -0.39 is 6.04 Å². The van der Waals surface area contributed by atoms with E-state index in [1.54, 1.807) is 18.3 Å². The fourth-order valence-corrected chi connectivity index (χ4v) is 3.60. The number of nitriles is 3. The van der Waals surface area contributed by atoms with Gasteiger partial charge in [0, 0.05) is 10.0 Å². The molecule has 0 saturated carbocycles.